The molecule has 0 spiro atoms. The van der Waals surface area contributed by atoms with Crippen LogP contribution in [0.5, 0.6) is 5.75 Å². The summed E-state index contributed by atoms with van der Waals surface area (Å²) in [5, 5.41) is 3.49. The van der Waals surface area contributed by atoms with Crippen LogP contribution in [0, 0.1) is 12.8 Å². The molecule has 0 aliphatic heterocycles. The summed E-state index contributed by atoms with van der Waals surface area (Å²) in [5.74, 6) is -0.557. The topological polar surface area (TPSA) is 94.8 Å². The van der Waals surface area contributed by atoms with E-state index in [9.17, 15) is 14.4 Å². The van der Waals surface area contributed by atoms with Crippen molar-refractivity contribution in [2.75, 3.05) is 0 Å². The molecule has 4 rings (SSSR count). The molecule has 1 N–H and O–H groups in total. The van der Waals surface area contributed by atoms with Gasteiger partial charge in [0.15, 0.2) is 0 Å². The molecule has 1 aliphatic rings. The molecule has 1 aromatic heterocycles. The Labute approximate surface area is 198 Å². The summed E-state index contributed by atoms with van der Waals surface area (Å²) < 4.78 is 16.5. The van der Waals surface area contributed by atoms with Crippen LogP contribution in [0.4, 0.5) is 4.79 Å². The lowest BCUT2D eigenvalue weighted by atomic mass is 9.90. The molecular weight excluding hydrogens is 434 g/mol. The number of carbonyl (C=O) groups is 2. The molecule has 1 unspecified atom stereocenters. The van der Waals surface area contributed by atoms with E-state index in [0.29, 0.717) is 16.9 Å². The van der Waals surface area contributed by atoms with Gasteiger partial charge in [-0.2, -0.15) is 0 Å². The monoisotopic (exact) mass is 463 g/mol. The van der Waals surface area contributed by atoms with Gasteiger partial charge in [0, 0.05) is 16.5 Å². The van der Waals surface area contributed by atoms with Gasteiger partial charge in [0.1, 0.15) is 24.0 Å². The van der Waals surface area contributed by atoms with Gasteiger partial charge < -0.3 is 19.2 Å². The molecule has 0 bridgehead atoms. The Morgan fingerprint density at radius 1 is 1.03 bits per heavy atom. The van der Waals surface area contributed by atoms with Crippen molar-refractivity contribution in [2.45, 2.75) is 59.1 Å². The highest BCUT2D eigenvalue weighted by Crippen LogP contribution is 2.32. The molecule has 7 heteroatoms. The van der Waals surface area contributed by atoms with Crippen molar-refractivity contribution < 1.29 is 23.5 Å². The van der Waals surface area contributed by atoms with Crippen LogP contribution in [0.1, 0.15) is 48.9 Å². The highest BCUT2D eigenvalue weighted by atomic mass is 16.6. The predicted molar refractivity (Wildman–Crippen MR) is 128 cm³/mol. The van der Waals surface area contributed by atoms with Crippen molar-refractivity contribution in [3.05, 3.63) is 75.1 Å². The van der Waals surface area contributed by atoms with Gasteiger partial charge in [0.2, 0.25) is 0 Å². The van der Waals surface area contributed by atoms with Crippen LogP contribution in [0.2, 0.25) is 0 Å². The molecule has 1 amide bonds. The van der Waals surface area contributed by atoms with E-state index in [-0.39, 0.29) is 18.2 Å². The summed E-state index contributed by atoms with van der Waals surface area (Å²) in [5.41, 5.74) is 3.31. The molecule has 178 valence electrons. The number of benzene rings is 2. The number of ether oxygens (including phenoxy) is 2. The van der Waals surface area contributed by atoms with Crippen molar-refractivity contribution in [2.24, 2.45) is 5.92 Å². The van der Waals surface area contributed by atoms with E-state index < -0.39 is 18.1 Å². The second-order valence-electron chi connectivity index (χ2n) is 8.97. The van der Waals surface area contributed by atoms with E-state index in [1.54, 1.807) is 13.0 Å². The van der Waals surface area contributed by atoms with Crippen molar-refractivity contribution >= 4 is 23.0 Å². The molecule has 0 fully saturated rings. The molecule has 7 nitrogen and oxygen atoms in total. The van der Waals surface area contributed by atoms with Gasteiger partial charge in [-0.1, -0.05) is 44.2 Å². The van der Waals surface area contributed by atoms with Crippen LogP contribution >= 0.6 is 0 Å². The zero-order valence-electron chi connectivity index (χ0n) is 19.7. The van der Waals surface area contributed by atoms with Gasteiger partial charge >= 0.3 is 17.7 Å². The van der Waals surface area contributed by atoms with Gasteiger partial charge in [0.05, 0.1) is 0 Å². The number of alkyl carbamates (subject to hydrolysis) is 1. The minimum atomic E-state index is -0.908. The third-order valence-corrected chi connectivity index (χ3v) is 6.21. The van der Waals surface area contributed by atoms with E-state index in [1.807, 2.05) is 50.2 Å². The molecule has 0 saturated heterocycles. The van der Waals surface area contributed by atoms with Gasteiger partial charge in [-0.25, -0.2) is 14.4 Å². The molecule has 34 heavy (non-hydrogen) atoms. The summed E-state index contributed by atoms with van der Waals surface area (Å²) in [6.07, 6.45) is 2.87. The number of aryl methyl sites for hydroxylation is 2. The fraction of sp³-hybridized carbons (Fsp3) is 0.370. The van der Waals surface area contributed by atoms with Crippen LogP contribution in [-0.2, 0) is 29.0 Å². The van der Waals surface area contributed by atoms with E-state index in [4.69, 9.17) is 13.9 Å². The molecule has 1 atom stereocenters. The first-order valence-corrected chi connectivity index (χ1v) is 11.6. The quantitative estimate of drug-likeness (QED) is 0.319. The number of hydrogen-bond acceptors (Lipinski definition) is 6. The third-order valence-electron chi connectivity index (χ3n) is 6.21. The largest absolute Gasteiger partial charge is 0.445 e. The number of rotatable bonds is 6. The van der Waals surface area contributed by atoms with Crippen molar-refractivity contribution in [3.8, 4) is 5.75 Å². The fourth-order valence-corrected chi connectivity index (χ4v) is 4.30. The Morgan fingerprint density at radius 3 is 2.44 bits per heavy atom. The standard InChI is InChI=1S/C27H29NO6/c1-16(2)23(28-27(31)32-15-18-9-5-4-6-10-18)26(30)33-22-14-13-20-19-11-7-8-12-21(19)25(29)34-24(20)17(22)3/h4-6,9-10,13-14,16,23H,7-8,11-12,15H2,1-3H3,(H,28,31). The highest BCUT2D eigenvalue weighted by Gasteiger charge is 2.28. The lowest BCUT2D eigenvalue weighted by molar-refractivity contribution is -0.137. The minimum Gasteiger partial charge on any atom is -0.445 e. The number of amides is 1. The molecule has 0 saturated carbocycles. The van der Waals surface area contributed by atoms with E-state index >= 15 is 0 Å². The second kappa shape index (κ2) is 10.1. The summed E-state index contributed by atoms with van der Waals surface area (Å²) in [7, 11) is 0. The first kappa shape index (κ1) is 23.5. The lowest BCUT2D eigenvalue weighted by Crippen LogP contribution is -2.46. The first-order valence-electron chi connectivity index (χ1n) is 11.6. The minimum absolute atomic E-state index is 0.0969. The van der Waals surface area contributed by atoms with Crippen LogP contribution < -0.4 is 15.7 Å². The number of nitrogens with one attached hydrogen (secondary N) is 1. The van der Waals surface area contributed by atoms with E-state index in [0.717, 1.165) is 47.8 Å². The van der Waals surface area contributed by atoms with Crippen molar-refractivity contribution in [1.29, 1.82) is 0 Å². The summed E-state index contributed by atoms with van der Waals surface area (Å²) in [6.45, 7) is 5.47. The van der Waals surface area contributed by atoms with Gasteiger partial charge in [-0.15, -0.1) is 0 Å². The predicted octanol–water partition coefficient (Wildman–Crippen LogP) is 4.84. The molecular formula is C27H29NO6. The maximum absolute atomic E-state index is 13.0. The number of carbonyl (C=O) groups excluding carboxylic acids is 2. The van der Waals surface area contributed by atoms with Gasteiger partial charge in [0.25, 0.3) is 0 Å². The molecule has 1 heterocycles. The van der Waals surface area contributed by atoms with Crippen LogP contribution in [0.25, 0.3) is 11.0 Å². The number of fused-ring (bicyclic) bond motifs is 3. The van der Waals surface area contributed by atoms with E-state index in [2.05, 4.69) is 5.32 Å². The van der Waals surface area contributed by atoms with E-state index in [1.165, 1.54) is 0 Å². The Hall–Kier alpha value is -3.61. The second-order valence-corrected chi connectivity index (χ2v) is 8.97. The molecule has 2 aromatic carbocycles. The van der Waals surface area contributed by atoms with Crippen LogP contribution in [0.3, 0.4) is 0 Å². The van der Waals surface area contributed by atoms with Crippen LogP contribution in [-0.4, -0.2) is 18.1 Å². The Bertz CT molecular complexity index is 1260. The fourth-order valence-electron chi connectivity index (χ4n) is 4.30. The first-order chi connectivity index (χ1) is 16.3. The Balaban J connectivity index is 1.50. The lowest BCUT2D eigenvalue weighted by Gasteiger charge is -2.21. The molecule has 0 radical (unpaired) electrons. The smallest absolute Gasteiger partial charge is 0.408 e. The van der Waals surface area contributed by atoms with Gasteiger partial charge in [-0.3, -0.25) is 0 Å². The zero-order chi connectivity index (χ0) is 24.2. The SMILES string of the molecule is Cc1c(OC(=O)C(NC(=O)OCc2ccccc2)C(C)C)ccc2c3c(c(=O)oc12)CCCC3. The number of esters is 1. The summed E-state index contributed by atoms with van der Waals surface area (Å²) in [6, 6.07) is 11.9. The maximum atomic E-state index is 13.0. The summed E-state index contributed by atoms with van der Waals surface area (Å²) >= 11 is 0. The Kier molecular flexibility index (Phi) is 7.01. The maximum Gasteiger partial charge on any atom is 0.408 e. The van der Waals surface area contributed by atoms with Crippen molar-refractivity contribution in [1.82, 2.24) is 5.32 Å². The highest BCUT2D eigenvalue weighted by molar-refractivity contribution is 5.88. The summed E-state index contributed by atoms with van der Waals surface area (Å²) in [4.78, 5) is 37.8. The van der Waals surface area contributed by atoms with Gasteiger partial charge in [-0.05, 0) is 61.8 Å². The normalized spacial score (nSPS) is 13.9. The zero-order valence-corrected chi connectivity index (χ0v) is 19.7. The van der Waals surface area contributed by atoms with Crippen LogP contribution in [0.15, 0.2) is 51.7 Å². The third kappa shape index (κ3) is 4.98. The number of hydrogen-bond donors (Lipinski definition) is 1. The Morgan fingerprint density at radius 2 is 1.74 bits per heavy atom. The van der Waals surface area contributed by atoms with Crippen molar-refractivity contribution in [3.63, 3.8) is 0 Å². The average Bonchev–Trinajstić information content (AvgIpc) is 2.84. The molecule has 1 aliphatic carbocycles. The molecule has 3 aromatic rings. The average molecular weight is 464 g/mol.